The van der Waals surface area contributed by atoms with E-state index in [0.717, 1.165) is 24.1 Å². The number of imidazole rings is 1. The fourth-order valence-corrected chi connectivity index (χ4v) is 2.26. The van der Waals surface area contributed by atoms with Crippen LogP contribution in [0.4, 0.5) is 4.39 Å². The van der Waals surface area contributed by atoms with Crippen LogP contribution in [0.1, 0.15) is 45.4 Å². The van der Waals surface area contributed by atoms with Crippen molar-refractivity contribution in [3.8, 4) is 17.0 Å². The van der Waals surface area contributed by atoms with E-state index in [4.69, 9.17) is 4.74 Å². The van der Waals surface area contributed by atoms with E-state index < -0.39 is 0 Å². The number of hydrogen-bond acceptors (Lipinski definition) is 2. The summed E-state index contributed by atoms with van der Waals surface area (Å²) in [6.07, 6.45) is 10.4. The van der Waals surface area contributed by atoms with E-state index in [9.17, 15) is 4.39 Å². The SMILES string of the molecule is CCCCCCCCOc1ccc(-c2cnc[nH]2)cc1F. The number of halogens is 1. The van der Waals surface area contributed by atoms with Crippen molar-refractivity contribution in [3.63, 3.8) is 0 Å². The van der Waals surface area contributed by atoms with E-state index in [0.29, 0.717) is 12.4 Å². The van der Waals surface area contributed by atoms with Gasteiger partial charge in [0.1, 0.15) is 0 Å². The van der Waals surface area contributed by atoms with Crippen LogP contribution in [-0.4, -0.2) is 16.6 Å². The molecule has 21 heavy (non-hydrogen) atoms. The van der Waals surface area contributed by atoms with E-state index in [1.807, 2.05) is 6.07 Å². The van der Waals surface area contributed by atoms with Crippen LogP contribution in [0.15, 0.2) is 30.7 Å². The van der Waals surface area contributed by atoms with Crippen LogP contribution in [0.5, 0.6) is 5.75 Å². The highest BCUT2D eigenvalue weighted by atomic mass is 19.1. The summed E-state index contributed by atoms with van der Waals surface area (Å²) < 4.78 is 19.5. The molecule has 0 aliphatic carbocycles. The largest absolute Gasteiger partial charge is 0.491 e. The molecule has 1 aromatic carbocycles. The Morgan fingerprint density at radius 1 is 1.14 bits per heavy atom. The number of rotatable bonds is 9. The van der Waals surface area contributed by atoms with Crippen molar-refractivity contribution in [1.29, 1.82) is 0 Å². The molecule has 0 spiro atoms. The number of benzene rings is 1. The first-order valence-corrected chi connectivity index (χ1v) is 7.72. The quantitative estimate of drug-likeness (QED) is 0.663. The fourth-order valence-electron chi connectivity index (χ4n) is 2.26. The summed E-state index contributed by atoms with van der Waals surface area (Å²) in [6.45, 7) is 2.78. The molecule has 0 aliphatic rings. The van der Waals surface area contributed by atoms with Gasteiger partial charge in [-0.1, -0.05) is 39.0 Å². The van der Waals surface area contributed by atoms with Gasteiger partial charge < -0.3 is 9.72 Å². The minimum atomic E-state index is -0.326. The lowest BCUT2D eigenvalue weighted by molar-refractivity contribution is 0.290. The first-order valence-electron chi connectivity index (χ1n) is 7.72. The summed E-state index contributed by atoms with van der Waals surface area (Å²) in [6, 6.07) is 5.00. The summed E-state index contributed by atoms with van der Waals surface area (Å²) in [7, 11) is 0. The number of nitrogens with zero attached hydrogens (tertiary/aromatic N) is 1. The van der Waals surface area contributed by atoms with Crippen molar-refractivity contribution >= 4 is 0 Å². The van der Waals surface area contributed by atoms with Gasteiger partial charge in [0.25, 0.3) is 0 Å². The second-order valence-electron chi connectivity index (χ2n) is 5.23. The van der Waals surface area contributed by atoms with Crippen LogP contribution in [0.25, 0.3) is 11.3 Å². The molecule has 4 heteroatoms. The number of ether oxygens (including phenoxy) is 1. The normalized spacial score (nSPS) is 10.8. The first-order chi connectivity index (χ1) is 10.3. The van der Waals surface area contributed by atoms with Crippen LogP contribution in [-0.2, 0) is 0 Å². The molecule has 0 saturated carbocycles. The maximum Gasteiger partial charge on any atom is 0.165 e. The molecule has 1 N–H and O–H groups in total. The topological polar surface area (TPSA) is 37.9 Å². The molecule has 0 atom stereocenters. The van der Waals surface area contributed by atoms with Gasteiger partial charge in [-0.25, -0.2) is 9.37 Å². The Labute approximate surface area is 125 Å². The van der Waals surface area contributed by atoms with Gasteiger partial charge in [0.05, 0.1) is 24.8 Å². The van der Waals surface area contributed by atoms with E-state index in [1.165, 1.54) is 31.7 Å². The van der Waals surface area contributed by atoms with Crippen LogP contribution < -0.4 is 4.74 Å². The lowest BCUT2D eigenvalue weighted by Gasteiger charge is -2.08. The van der Waals surface area contributed by atoms with E-state index in [1.54, 1.807) is 18.6 Å². The van der Waals surface area contributed by atoms with Crippen molar-refractivity contribution in [2.24, 2.45) is 0 Å². The number of H-pyrrole nitrogens is 1. The van der Waals surface area contributed by atoms with E-state index in [2.05, 4.69) is 16.9 Å². The average molecular weight is 290 g/mol. The molecule has 0 aliphatic heterocycles. The van der Waals surface area contributed by atoms with Gasteiger partial charge in [0.15, 0.2) is 11.6 Å². The van der Waals surface area contributed by atoms with Gasteiger partial charge in [0.2, 0.25) is 0 Å². The molecule has 0 fully saturated rings. The van der Waals surface area contributed by atoms with Gasteiger partial charge in [0, 0.05) is 5.56 Å². The lowest BCUT2D eigenvalue weighted by atomic mass is 10.1. The molecule has 0 unspecified atom stereocenters. The van der Waals surface area contributed by atoms with Crippen molar-refractivity contribution in [2.75, 3.05) is 6.61 Å². The number of aromatic nitrogens is 2. The third kappa shape index (κ3) is 4.88. The number of aromatic amines is 1. The zero-order valence-electron chi connectivity index (χ0n) is 12.6. The highest BCUT2D eigenvalue weighted by Gasteiger charge is 2.07. The second-order valence-corrected chi connectivity index (χ2v) is 5.23. The van der Waals surface area contributed by atoms with Crippen LogP contribution in [0.2, 0.25) is 0 Å². The molecule has 0 bridgehead atoms. The first kappa shape index (κ1) is 15.5. The molecular weight excluding hydrogens is 267 g/mol. The van der Waals surface area contributed by atoms with Crippen molar-refractivity contribution in [3.05, 3.63) is 36.5 Å². The Morgan fingerprint density at radius 2 is 1.95 bits per heavy atom. The second kappa shape index (κ2) is 8.45. The maximum atomic E-state index is 14.0. The molecule has 0 saturated heterocycles. The minimum absolute atomic E-state index is 0.326. The highest BCUT2D eigenvalue weighted by molar-refractivity contribution is 5.59. The molecule has 2 rings (SSSR count). The third-order valence-electron chi connectivity index (χ3n) is 3.50. The smallest absolute Gasteiger partial charge is 0.165 e. The Kier molecular flexibility index (Phi) is 6.25. The zero-order chi connectivity index (χ0) is 14.9. The average Bonchev–Trinajstić information content (AvgIpc) is 3.02. The maximum absolute atomic E-state index is 14.0. The molecule has 3 nitrogen and oxygen atoms in total. The van der Waals surface area contributed by atoms with Crippen molar-refractivity contribution in [2.45, 2.75) is 45.4 Å². The third-order valence-corrected chi connectivity index (χ3v) is 3.50. The summed E-state index contributed by atoms with van der Waals surface area (Å²) in [5, 5.41) is 0. The zero-order valence-corrected chi connectivity index (χ0v) is 12.6. The predicted molar refractivity (Wildman–Crippen MR) is 82.9 cm³/mol. The summed E-state index contributed by atoms with van der Waals surface area (Å²) in [4.78, 5) is 6.89. The molecule has 1 aromatic heterocycles. The Hall–Kier alpha value is -1.84. The van der Waals surface area contributed by atoms with Crippen molar-refractivity contribution < 1.29 is 9.13 Å². The monoisotopic (exact) mass is 290 g/mol. The van der Waals surface area contributed by atoms with Crippen molar-refractivity contribution in [1.82, 2.24) is 9.97 Å². The number of hydrogen-bond donors (Lipinski definition) is 1. The minimum Gasteiger partial charge on any atom is -0.491 e. The molecule has 0 radical (unpaired) electrons. The summed E-state index contributed by atoms with van der Waals surface area (Å²) >= 11 is 0. The Bertz CT molecular complexity index is 526. The lowest BCUT2D eigenvalue weighted by Crippen LogP contribution is -1.99. The van der Waals surface area contributed by atoms with Gasteiger partial charge in [-0.15, -0.1) is 0 Å². The molecule has 1 heterocycles. The van der Waals surface area contributed by atoms with Gasteiger partial charge in [-0.2, -0.15) is 0 Å². The van der Waals surface area contributed by atoms with Crippen LogP contribution in [0.3, 0.4) is 0 Å². The van der Waals surface area contributed by atoms with Gasteiger partial charge in [-0.3, -0.25) is 0 Å². The Morgan fingerprint density at radius 3 is 2.67 bits per heavy atom. The number of unbranched alkanes of at least 4 members (excludes halogenated alkanes) is 5. The number of nitrogens with one attached hydrogen (secondary N) is 1. The van der Waals surface area contributed by atoms with Crippen LogP contribution >= 0.6 is 0 Å². The van der Waals surface area contributed by atoms with E-state index >= 15 is 0 Å². The fraction of sp³-hybridized carbons (Fsp3) is 0.471. The van der Waals surface area contributed by atoms with Gasteiger partial charge in [-0.05, 0) is 24.6 Å². The highest BCUT2D eigenvalue weighted by Crippen LogP contribution is 2.24. The van der Waals surface area contributed by atoms with Crippen LogP contribution in [0, 0.1) is 5.82 Å². The standard InChI is InChI=1S/C17H23FN2O/c1-2-3-4-5-6-7-10-21-17-9-8-14(11-15(17)18)16-12-19-13-20-16/h8-9,11-13H,2-7,10H2,1H3,(H,19,20). The molecule has 114 valence electrons. The molecule has 0 amide bonds. The van der Waals surface area contributed by atoms with E-state index in [-0.39, 0.29) is 5.82 Å². The molecule has 2 aromatic rings. The summed E-state index contributed by atoms with van der Waals surface area (Å²) in [5.74, 6) is -0.0000866. The van der Waals surface area contributed by atoms with Gasteiger partial charge >= 0.3 is 0 Å². The molecular formula is C17H23FN2O. The Balaban J connectivity index is 1.76. The predicted octanol–water partition coefficient (Wildman–Crippen LogP) is 4.96. The summed E-state index contributed by atoms with van der Waals surface area (Å²) in [5.41, 5.74) is 1.58.